The third-order valence-corrected chi connectivity index (χ3v) is 3.82. The van der Waals surface area contributed by atoms with E-state index < -0.39 is 5.95 Å². The molecule has 1 aromatic heterocycles. The molecular weight excluding hydrogens is 205 g/mol. The summed E-state index contributed by atoms with van der Waals surface area (Å²) in [5, 5.41) is 0. The SMILES string of the molecule is Fc1cccc(O[C@@H]2C[C@@H]3CC[C@@H](C3)C2)n1. The molecule has 1 heterocycles. The zero-order chi connectivity index (χ0) is 11.0. The van der Waals surface area contributed by atoms with Gasteiger partial charge in [0.05, 0.1) is 0 Å². The molecule has 16 heavy (non-hydrogen) atoms. The second-order valence-corrected chi connectivity index (χ2v) is 5.05. The fourth-order valence-corrected chi connectivity index (χ4v) is 3.17. The molecule has 3 atom stereocenters. The Morgan fingerprint density at radius 1 is 1.12 bits per heavy atom. The summed E-state index contributed by atoms with van der Waals surface area (Å²) in [5.74, 6) is 1.64. The second kappa shape index (κ2) is 4.04. The number of hydrogen-bond acceptors (Lipinski definition) is 2. The summed E-state index contributed by atoms with van der Waals surface area (Å²) >= 11 is 0. The first-order chi connectivity index (χ1) is 7.79. The van der Waals surface area contributed by atoms with Crippen molar-refractivity contribution in [1.82, 2.24) is 4.98 Å². The van der Waals surface area contributed by atoms with Crippen molar-refractivity contribution in [3.8, 4) is 5.88 Å². The van der Waals surface area contributed by atoms with Crippen LogP contribution >= 0.6 is 0 Å². The Labute approximate surface area is 94.8 Å². The van der Waals surface area contributed by atoms with E-state index in [9.17, 15) is 4.39 Å². The molecule has 0 unspecified atom stereocenters. The maximum Gasteiger partial charge on any atom is 0.216 e. The quantitative estimate of drug-likeness (QED) is 0.715. The number of halogens is 1. The molecule has 3 rings (SSSR count). The van der Waals surface area contributed by atoms with Crippen LogP contribution in [0.4, 0.5) is 4.39 Å². The predicted molar refractivity (Wildman–Crippen MR) is 58.7 cm³/mol. The molecule has 86 valence electrons. The lowest BCUT2D eigenvalue weighted by Gasteiger charge is -2.27. The van der Waals surface area contributed by atoms with Gasteiger partial charge in [-0.1, -0.05) is 18.9 Å². The van der Waals surface area contributed by atoms with E-state index in [-0.39, 0.29) is 6.10 Å². The van der Waals surface area contributed by atoms with Gasteiger partial charge in [-0.3, -0.25) is 0 Å². The lowest BCUT2D eigenvalue weighted by molar-refractivity contribution is 0.113. The van der Waals surface area contributed by atoms with Gasteiger partial charge in [0.15, 0.2) is 0 Å². The zero-order valence-corrected chi connectivity index (χ0v) is 9.23. The van der Waals surface area contributed by atoms with Crippen LogP contribution in [-0.2, 0) is 0 Å². The molecule has 2 aliphatic rings. The lowest BCUT2D eigenvalue weighted by atomic mass is 9.87. The third kappa shape index (κ3) is 2.04. The van der Waals surface area contributed by atoms with E-state index in [0.717, 1.165) is 24.7 Å². The average molecular weight is 221 g/mol. The van der Waals surface area contributed by atoms with Crippen LogP contribution in [0.3, 0.4) is 0 Å². The summed E-state index contributed by atoms with van der Waals surface area (Å²) in [6.07, 6.45) is 6.56. The van der Waals surface area contributed by atoms with E-state index in [4.69, 9.17) is 4.74 Å². The van der Waals surface area contributed by atoms with E-state index in [1.807, 2.05) is 0 Å². The fraction of sp³-hybridized carbons (Fsp3) is 0.615. The Balaban J connectivity index is 1.67. The molecule has 2 aliphatic carbocycles. The monoisotopic (exact) mass is 221 g/mol. The van der Waals surface area contributed by atoms with Crippen LogP contribution in [0, 0.1) is 17.8 Å². The second-order valence-electron chi connectivity index (χ2n) is 5.05. The fourth-order valence-electron chi connectivity index (χ4n) is 3.17. The highest BCUT2D eigenvalue weighted by molar-refractivity contribution is 5.11. The molecule has 0 aliphatic heterocycles. The molecule has 2 fully saturated rings. The highest BCUT2D eigenvalue weighted by Gasteiger charge is 2.35. The van der Waals surface area contributed by atoms with E-state index >= 15 is 0 Å². The standard InChI is InChI=1S/C13H16FNO/c14-12-2-1-3-13(15-12)16-11-7-9-4-5-10(6-9)8-11/h1-3,9-11H,4-8H2/t9-,10+,11-. The van der Waals surface area contributed by atoms with Crippen LogP contribution in [0.25, 0.3) is 0 Å². The van der Waals surface area contributed by atoms with Crippen LogP contribution in [0.1, 0.15) is 32.1 Å². The van der Waals surface area contributed by atoms with Crippen LogP contribution in [0.5, 0.6) is 5.88 Å². The van der Waals surface area contributed by atoms with Crippen molar-refractivity contribution in [2.24, 2.45) is 11.8 Å². The molecule has 1 aromatic rings. The van der Waals surface area contributed by atoms with Gasteiger partial charge in [0, 0.05) is 6.07 Å². The topological polar surface area (TPSA) is 22.1 Å². The van der Waals surface area contributed by atoms with E-state index in [1.54, 1.807) is 12.1 Å². The number of aromatic nitrogens is 1. The molecule has 0 saturated heterocycles. The smallest absolute Gasteiger partial charge is 0.216 e. The van der Waals surface area contributed by atoms with Crippen molar-refractivity contribution in [2.75, 3.05) is 0 Å². The van der Waals surface area contributed by atoms with E-state index in [2.05, 4.69) is 4.98 Å². The maximum atomic E-state index is 12.9. The Kier molecular flexibility index (Phi) is 2.54. The summed E-state index contributed by atoms with van der Waals surface area (Å²) in [6, 6.07) is 4.73. The van der Waals surface area contributed by atoms with Crippen LogP contribution < -0.4 is 4.74 Å². The molecule has 2 saturated carbocycles. The third-order valence-electron chi connectivity index (χ3n) is 3.82. The summed E-state index contributed by atoms with van der Waals surface area (Å²) in [5.41, 5.74) is 0. The summed E-state index contributed by atoms with van der Waals surface area (Å²) < 4.78 is 18.7. The van der Waals surface area contributed by atoms with Gasteiger partial charge in [-0.25, -0.2) is 0 Å². The molecule has 0 N–H and O–H groups in total. The van der Waals surface area contributed by atoms with Crippen molar-refractivity contribution in [3.05, 3.63) is 24.1 Å². The van der Waals surface area contributed by atoms with Gasteiger partial charge < -0.3 is 4.74 Å². The number of pyridine rings is 1. The van der Waals surface area contributed by atoms with Crippen molar-refractivity contribution < 1.29 is 9.13 Å². The molecule has 2 bridgehead atoms. The van der Waals surface area contributed by atoms with Crippen molar-refractivity contribution >= 4 is 0 Å². The number of rotatable bonds is 2. The maximum absolute atomic E-state index is 12.9. The van der Waals surface area contributed by atoms with Crippen LogP contribution in [-0.4, -0.2) is 11.1 Å². The summed E-state index contributed by atoms with van der Waals surface area (Å²) in [6.45, 7) is 0. The van der Waals surface area contributed by atoms with E-state index in [0.29, 0.717) is 5.88 Å². The summed E-state index contributed by atoms with van der Waals surface area (Å²) in [4.78, 5) is 3.75. The average Bonchev–Trinajstić information content (AvgIpc) is 2.58. The lowest BCUT2D eigenvalue weighted by Crippen LogP contribution is -2.26. The molecule has 2 nitrogen and oxygen atoms in total. The van der Waals surface area contributed by atoms with E-state index in [1.165, 1.54) is 25.3 Å². The number of fused-ring (bicyclic) bond motifs is 2. The normalized spacial score (nSPS) is 32.7. The number of hydrogen-bond donors (Lipinski definition) is 0. The van der Waals surface area contributed by atoms with Crippen molar-refractivity contribution in [3.63, 3.8) is 0 Å². The Morgan fingerprint density at radius 3 is 2.56 bits per heavy atom. The van der Waals surface area contributed by atoms with Gasteiger partial charge in [-0.15, -0.1) is 0 Å². The minimum absolute atomic E-state index is 0.251. The number of ether oxygens (including phenoxy) is 1. The van der Waals surface area contributed by atoms with Gasteiger partial charge in [-0.2, -0.15) is 9.37 Å². The predicted octanol–water partition coefficient (Wildman–Crippen LogP) is 3.18. The Bertz CT molecular complexity index is 370. The minimum Gasteiger partial charge on any atom is -0.474 e. The van der Waals surface area contributed by atoms with Crippen LogP contribution in [0.2, 0.25) is 0 Å². The molecule has 0 spiro atoms. The summed E-state index contributed by atoms with van der Waals surface area (Å²) in [7, 11) is 0. The molecule has 0 radical (unpaired) electrons. The largest absolute Gasteiger partial charge is 0.474 e. The molecule has 0 aromatic carbocycles. The number of nitrogens with zero attached hydrogens (tertiary/aromatic N) is 1. The Hall–Kier alpha value is -1.12. The first-order valence-electron chi connectivity index (χ1n) is 6.09. The highest BCUT2D eigenvalue weighted by atomic mass is 19.1. The van der Waals surface area contributed by atoms with Gasteiger partial charge in [0.1, 0.15) is 6.10 Å². The van der Waals surface area contributed by atoms with Crippen molar-refractivity contribution in [2.45, 2.75) is 38.2 Å². The minimum atomic E-state index is -0.462. The van der Waals surface area contributed by atoms with Crippen LogP contribution in [0.15, 0.2) is 18.2 Å². The van der Waals surface area contributed by atoms with Gasteiger partial charge >= 0.3 is 0 Å². The zero-order valence-electron chi connectivity index (χ0n) is 9.23. The molecule has 0 amide bonds. The van der Waals surface area contributed by atoms with Gasteiger partial charge in [0.25, 0.3) is 0 Å². The first kappa shape index (κ1) is 10.1. The Morgan fingerprint density at radius 2 is 1.88 bits per heavy atom. The highest BCUT2D eigenvalue weighted by Crippen LogP contribution is 2.42. The first-order valence-corrected chi connectivity index (χ1v) is 6.09. The molecular formula is C13H16FNO. The van der Waals surface area contributed by atoms with Crippen molar-refractivity contribution in [1.29, 1.82) is 0 Å². The van der Waals surface area contributed by atoms with Gasteiger partial charge in [0.2, 0.25) is 11.8 Å². The molecule has 3 heteroatoms. The van der Waals surface area contributed by atoms with Gasteiger partial charge in [-0.05, 0) is 37.2 Å².